The van der Waals surface area contributed by atoms with Crippen molar-refractivity contribution in [3.05, 3.63) is 0 Å². The van der Waals surface area contributed by atoms with Gasteiger partial charge in [0.2, 0.25) is 18.2 Å². The van der Waals surface area contributed by atoms with Gasteiger partial charge in [0, 0.05) is 14.1 Å². The molecule has 2 N–H and O–H groups in total. The molecule has 7 heteroatoms. The fraction of sp³-hybridized carbons (Fsp3) is 0.824. The fourth-order valence-corrected chi connectivity index (χ4v) is 2.28. The molecule has 0 aliphatic rings. The quantitative estimate of drug-likeness (QED) is 0.377. The van der Waals surface area contributed by atoms with Gasteiger partial charge in [0.25, 0.3) is 0 Å². The lowest BCUT2D eigenvalue weighted by atomic mass is 9.85. The van der Waals surface area contributed by atoms with E-state index in [1.54, 1.807) is 14.1 Å². The van der Waals surface area contributed by atoms with Gasteiger partial charge in [0.15, 0.2) is 0 Å². The van der Waals surface area contributed by atoms with Crippen LogP contribution in [0.15, 0.2) is 0 Å². The average Bonchev–Trinajstić information content (AvgIpc) is 2.46. The zero-order chi connectivity index (χ0) is 19.1. The maximum Gasteiger partial charge on any atom is 0.245 e. The Kier molecular flexibility index (Phi) is 8.96. The molecule has 3 amide bonds. The van der Waals surface area contributed by atoms with Gasteiger partial charge in [-0.1, -0.05) is 41.0 Å². The summed E-state index contributed by atoms with van der Waals surface area (Å²) in [5.41, 5.74) is -0.455. The number of hydroxylamine groups is 2. The largest absolute Gasteiger partial charge is 0.347 e. The molecule has 0 fully saturated rings. The lowest BCUT2D eigenvalue weighted by Crippen LogP contribution is -2.55. The Morgan fingerprint density at radius 2 is 1.71 bits per heavy atom. The van der Waals surface area contributed by atoms with Gasteiger partial charge >= 0.3 is 0 Å². The van der Waals surface area contributed by atoms with Crippen LogP contribution in [0.1, 0.15) is 47.5 Å². The highest BCUT2D eigenvalue weighted by Gasteiger charge is 2.35. The van der Waals surface area contributed by atoms with Crippen LogP contribution in [0.2, 0.25) is 0 Å². The van der Waals surface area contributed by atoms with Crippen LogP contribution < -0.4 is 5.32 Å². The van der Waals surface area contributed by atoms with E-state index in [1.165, 1.54) is 4.90 Å². The predicted octanol–water partition coefficient (Wildman–Crippen LogP) is 1.51. The third-order valence-electron chi connectivity index (χ3n) is 3.83. The van der Waals surface area contributed by atoms with E-state index >= 15 is 0 Å². The van der Waals surface area contributed by atoms with Gasteiger partial charge in [0.05, 0.1) is 12.5 Å². The highest BCUT2D eigenvalue weighted by atomic mass is 16.5. The van der Waals surface area contributed by atoms with E-state index in [-0.39, 0.29) is 24.8 Å². The van der Waals surface area contributed by atoms with E-state index < -0.39 is 17.4 Å². The Morgan fingerprint density at radius 3 is 2.08 bits per heavy atom. The molecule has 0 bridgehead atoms. The number of carbonyl (C=O) groups is 3. The predicted molar refractivity (Wildman–Crippen MR) is 92.2 cm³/mol. The number of nitrogens with zero attached hydrogens (tertiary/aromatic N) is 2. The molecular formula is C17H33N3O4. The molecule has 2 atom stereocenters. The standard InChI is InChI=1S/C17H33N3O4/c1-12(2)8-9-13(10-20(24)11-21)15(22)18-14(17(3,4)5)16(23)19(6)7/h11-14,24H,8-10H2,1-7H3,(H,18,22)/t13?,14-/m1/s1. The number of carbonyl (C=O) groups excluding carboxylic acids is 3. The molecule has 0 spiro atoms. The summed E-state index contributed by atoms with van der Waals surface area (Å²) in [5.74, 6) is -0.686. The zero-order valence-corrected chi connectivity index (χ0v) is 16.0. The third kappa shape index (κ3) is 7.77. The minimum absolute atomic E-state index is 0.0882. The second-order valence-corrected chi connectivity index (χ2v) is 7.94. The van der Waals surface area contributed by atoms with E-state index in [0.717, 1.165) is 6.42 Å². The molecule has 0 aliphatic carbocycles. The second-order valence-electron chi connectivity index (χ2n) is 7.94. The van der Waals surface area contributed by atoms with E-state index in [2.05, 4.69) is 5.32 Å². The Hall–Kier alpha value is -1.63. The molecule has 0 heterocycles. The minimum atomic E-state index is -0.676. The van der Waals surface area contributed by atoms with Crippen molar-refractivity contribution >= 4 is 18.2 Å². The monoisotopic (exact) mass is 343 g/mol. The lowest BCUT2D eigenvalue weighted by Gasteiger charge is -2.33. The molecule has 0 aromatic heterocycles. The third-order valence-corrected chi connectivity index (χ3v) is 3.83. The number of hydrogen-bond acceptors (Lipinski definition) is 4. The maximum absolute atomic E-state index is 12.7. The van der Waals surface area contributed by atoms with Crippen LogP contribution in [0.25, 0.3) is 0 Å². The van der Waals surface area contributed by atoms with Gasteiger partial charge in [-0.05, 0) is 17.8 Å². The SMILES string of the molecule is CC(C)CCC(CN(O)C=O)C(=O)N[C@H](C(=O)N(C)C)C(C)(C)C. The summed E-state index contributed by atoms with van der Waals surface area (Å²) >= 11 is 0. The first-order valence-electron chi connectivity index (χ1n) is 8.32. The van der Waals surface area contributed by atoms with Gasteiger partial charge in [0.1, 0.15) is 6.04 Å². The Labute approximate surface area is 145 Å². The smallest absolute Gasteiger partial charge is 0.245 e. The summed E-state index contributed by atoms with van der Waals surface area (Å²) < 4.78 is 0. The van der Waals surface area contributed by atoms with Gasteiger partial charge in [-0.2, -0.15) is 0 Å². The lowest BCUT2D eigenvalue weighted by molar-refractivity contribution is -0.155. The van der Waals surface area contributed by atoms with Crippen LogP contribution in [0.4, 0.5) is 0 Å². The first kappa shape index (κ1) is 22.4. The molecule has 140 valence electrons. The number of amides is 3. The van der Waals surface area contributed by atoms with Crippen molar-refractivity contribution in [3.63, 3.8) is 0 Å². The van der Waals surface area contributed by atoms with Gasteiger partial charge in [-0.3, -0.25) is 19.6 Å². The normalized spacial score (nSPS) is 14.0. The van der Waals surface area contributed by atoms with E-state index in [9.17, 15) is 19.6 Å². The molecule has 0 aliphatic heterocycles. The maximum atomic E-state index is 12.7. The van der Waals surface area contributed by atoms with Crippen LogP contribution in [-0.4, -0.2) is 60.1 Å². The highest BCUT2D eigenvalue weighted by Crippen LogP contribution is 2.22. The van der Waals surface area contributed by atoms with Crippen molar-refractivity contribution in [3.8, 4) is 0 Å². The number of rotatable bonds is 9. The van der Waals surface area contributed by atoms with Gasteiger partial charge < -0.3 is 10.2 Å². The first-order chi connectivity index (χ1) is 10.9. The van der Waals surface area contributed by atoms with E-state index in [4.69, 9.17) is 0 Å². The van der Waals surface area contributed by atoms with Gasteiger partial charge in [-0.25, -0.2) is 5.06 Å². The van der Waals surface area contributed by atoms with E-state index in [0.29, 0.717) is 17.4 Å². The summed E-state index contributed by atoms with van der Waals surface area (Å²) in [7, 11) is 3.29. The van der Waals surface area contributed by atoms with Crippen molar-refractivity contribution in [2.45, 2.75) is 53.5 Å². The Bertz CT molecular complexity index is 430. The molecule has 0 saturated heterocycles. The summed E-state index contributed by atoms with van der Waals surface area (Å²) in [6.07, 6.45) is 1.59. The summed E-state index contributed by atoms with van der Waals surface area (Å²) in [6, 6.07) is -0.676. The molecule has 0 radical (unpaired) electrons. The van der Waals surface area contributed by atoms with Crippen LogP contribution in [-0.2, 0) is 14.4 Å². The number of nitrogens with one attached hydrogen (secondary N) is 1. The molecule has 0 aromatic rings. The highest BCUT2D eigenvalue weighted by molar-refractivity contribution is 5.89. The zero-order valence-electron chi connectivity index (χ0n) is 16.0. The first-order valence-corrected chi connectivity index (χ1v) is 8.32. The van der Waals surface area contributed by atoms with Crippen molar-refractivity contribution in [1.82, 2.24) is 15.3 Å². The second kappa shape index (κ2) is 9.61. The summed E-state index contributed by atoms with van der Waals surface area (Å²) in [5, 5.41) is 12.7. The molecule has 0 rings (SSSR count). The van der Waals surface area contributed by atoms with Crippen molar-refractivity contribution in [2.24, 2.45) is 17.3 Å². The number of likely N-dealkylation sites (N-methyl/N-ethyl adjacent to an activating group) is 1. The number of hydrogen-bond donors (Lipinski definition) is 2. The van der Waals surface area contributed by atoms with Crippen LogP contribution in [0.5, 0.6) is 0 Å². The molecule has 7 nitrogen and oxygen atoms in total. The Balaban J connectivity index is 5.21. The van der Waals surface area contributed by atoms with Crippen molar-refractivity contribution in [1.29, 1.82) is 0 Å². The topological polar surface area (TPSA) is 90.0 Å². The molecular weight excluding hydrogens is 310 g/mol. The van der Waals surface area contributed by atoms with Gasteiger partial charge in [-0.15, -0.1) is 0 Å². The van der Waals surface area contributed by atoms with Crippen LogP contribution in [0.3, 0.4) is 0 Å². The average molecular weight is 343 g/mol. The Morgan fingerprint density at radius 1 is 1.17 bits per heavy atom. The van der Waals surface area contributed by atoms with E-state index in [1.807, 2.05) is 34.6 Å². The minimum Gasteiger partial charge on any atom is -0.347 e. The van der Waals surface area contributed by atoms with Crippen molar-refractivity contribution < 1.29 is 19.6 Å². The molecule has 24 heavy (non-hydrogen) atoms. The summed E-state index contributed by atoms with van der Waals surface area (Å²) in [4.78, 5) is 37.2. The van der Waals surface area contributed by atoms with Crippen LogP contribution in [0, 0.1) is 17.3 Å². The molecule has 0 saturated carbocycles. The molecule has 0 aromatic carbocycles. The van der Waals surface area contributed by atoms with Crippen molar-refractivity contribution in [2.75, 3.05) is 20.6 Å². The molecule has 1 unspecified atom stereocenters. The fourth-order valence-electron chi connectivity index (χ4n) is 2.28. The van der Waals surface area contributed by atoms with Crippen LogP contribution >= 0.6 is 0 Å². The summed E-state index contributed by atoms with van der Waals surface area (Å²) in [6.45, 7) is 9.64.